The van der Waals surface area contributed by atoms with Gasteiger partial charge in [0.15, 0.2) is 11.5 Å². The molecule has 0 bridgehead atoms. The van der Waals surface area contributed by atoms with Crippen molar-refractivity contribution in [2.24, 2.45) is 0 Å². The van der Waals surface area contributed by atoms with Crippen molar-refractivity contribution in [1.29, 1.82) is 0 Å². The van der Waals surface area contributed by atoms with E-state index in [0.717, 1.165) is 37.8 Å². The summed E-state index contributed by atoms with van der Waals surface area (Å²) in [5.74, 6) is 0.476. The number of alkyl halides is 3. The summed E-state index contributed by atoms with van der Waals surface area (Å²) >= 11 is 0. The molecule has 0 saturated heterocycles. The Morgan fingerprint density at radius 1 is 1.10 bits per heavy atom. The number of carbonyl (C=O) groups excluding carboxylic acids is 1. The molecule has 4 rings (SSSR count). The summed E-state index contributed by atoms with van der Waals surface area (Å²) in [6, 6.07) is 10.0. The van der Waals surface area contributed by atoms with Gasteiger partial charge in [-0.25, -0.2) is 4.98 Å². The number of anilines is 1. The van der Waals surface area contributed by atoms with Crippen LogP contribution in [0.1, 0.15) is 47.3 Å². The third kappa shape index (κ3) is 4.87. The largest absolute Gasteiger partial charge is 0.416 e. The van der Waals surface area contributed by atoms with Gasteiger partial charge in [-0.1, -0.05) is 36.2 Å². The number of halogens is 3. The molecule has 0 unspecified atom stereocenters. The fourth-order valence-corrected chi connectivity index (χ4v) is 3.66. The molecule has 2 aromatic heterocycles. The van der Waals surface area contributed by atoms with Gasteiger partial charge in [0, 0.05) is 24.3 Å². The number of aromatic nitrogens is 2. The molecule has 2 N–H and O–H groups in total. The van der Waals surface area contributed by atoms with Gasteiger partial charge in [0.05, 0.1) is 11.1 Å². The molecule has 1 amide bonds. The second kappa shape index (κ2) is 8.79. The van der Waals surface area contributed by atoms with Crippen LogP contribution >= 0.6 is 0 Å². The number of benzene rings is 1. The number of nitrogens with zero attached hydrogens (tertiary/aromatic N) is 2. The SMILES string of the molecule is O=C(NC1CCCC1)c1noc(-c2ccc(C(F)(F)F)cc2)c1CNc1ccccn1. The van der Waals surface area contributed by atoms with Gasteiger partial charge in [0.1, 0.15) is 5.82 Å². The molecule has 162 valence electrons. The van der Waals surface area contributed by atoms with Crippen molar-refractivity contribution in [2.75, 3.05) is 5.32 Å². The summed E-state index contributed by atoms with van der Waals surface area (Å²) in [7, 11) is 0. The Morgan fingerprint density at radius 2 is 1.84 bits per heavy atom. The van der Waals surface area contributed by atoms with Crippen LogP contribution in [-0.2, 0) is 12.7 Å². The van der Waals surface area contributed by atoms with E-state index in [9.17, 15) is 18.0 Å². The minimum absolute atomic E-state index is 0.0929. The first-order chi connectivity index (χ1) is 14.9. The highest BCUT2D eigenvalue weighted by atomic mass is 19.4. The maximum atomic E-state index is 12.9. The quantitative estimate of drug-likeness (QED) is 0.573. The van der Waals surface area contributed by atoms with Gasteiger partial charge in [0.2, 0.25) is 0 Å². The van der Waals surface area contributed by atoms with Crippen molar-refractivity contribution in [1.82, 2.24) is 15.5 Å². The van der Waals surface area contributed by atoms with Crippen LogP contribution in [0.2, 0.25) is 0 Å². The van der Waals surface area contributed by atoms with Crippen LogP contribution in [0.5, 0.6) is 0 Å². The molecule has 1 aliphatic carbocycles. The monoisotopic (exact) mass is 430 g/mol. The van der Waals surface area contributed by atoms with E-state index in [1.807, 2.05) is 6.07 Å². The van der Waals surface area contributed by atoms with Crippen molar-refractivity contribution < 1.29 is 22.5 Å². The number of amides is 1. The molecule has 3 aromatic rings. The molecular formula is C22H21F3N4O2. The fraction of sp³-hybridized carbons (Fsp3) is 0.318. The highest BCUT2D eigenvalue weighted by Gasteiger charge is 2.31. The Hall–Kier alpha value is -3.36. The summed E-state index contributed by atoms with van der Waals surface area (Å²) in [6.45, 7) is 0.171. The van der Waals surface area contributed by atoms with Gasteiger partial charge in [-0.05, 0) is 37.1 Å². The van der Waals surface area contributed by atoms with Crippen LogP contribution < -0.4 is 10.6 Å². The Balaban J connectivity index is 1.63. The fourth-order valence-electron chi connectivity index (χ4n) is 3.66. The predicted molar refractivity (Wildman–Crippen MR) is 108 cm³/mol. The topological polar surface area (TPSA) is 80.0 Å². The lowest BCUT2D eigenvalue weighted by Crippen LogP contribution is -2.33. The zero-order chi connectivity index (χ0) is 21.8. The second-order valence-electron chi connectivity index (χ2n) is 7.44. The molecule has 31 heavy (non-hydrogen) atoms. The van der Waals surface area contributed by atoms with E-state index < -0.39 is 11.7 Å². The lowest BCUT2D eigenvalue weighted by molar-refractivity contribution is -0.137. The first-order valence-electron chi connectivity index (χ1n) is 10.0. The van der Waals surface area contributed by atoms with E-state index in [-0.39, 0.29) is 29.9 Å². The summed E-state index contributed by atoms with van der Waals surface area (Å²) < 4.78 is 44.2. The van der Waals surface area contributed by atoms with E-state index in [1.54, 1.807) is 18.3 Å². The second-order valence-corrected chi connectivity index (χ2v) is 7.44. The van der Waals surface area contributed by atoms with Crippen LogP contribution in [0.15, 0.2) is 53.2 Å². The number of nitrogens with one attached hydrogen (secondary N) is 2. The molecule has 6 nitrogen and oxygen atoms in total. The van der Waals surface area contributed by atoms with Crippen molar-refractivity contribution >= 4 is 11.7 Å². The molecule has 0 spiro atoms. The Bertz CT molecular complexity index is 1030. The van der Waals surface area contributed by atoms with Crippen molar-refractivity contribution in [3.8, 4) is 11.3 Å². The van der Waals surface area contributed by atoms with E-state index in [4.69, 9.17) is 4.52 Å². The lowest BCUT2D eigenvalue weighted by Gasteiger charge is -2.12. The minimum Gasteiger partial charge on any atom is -0.366 e. The summed E-state index contributed by atoms with van der Waals surface area (Å²) in [5, 5.41) is 10.0. The van der Waals surface area contributed by atoms with Crippen LogP contribution in [0.3, 0.4) is 0 Å². The molecule has 0 aliphatic heterocycles. The zero-order valence-electron chi connectivity index (χ0n) is 16.6. The first-order valence-corrected chi connectivity index (χ1v) is 10.0. The molecule has 1 saturated carbocycles. The van der Waals surface area contributed by atoms with Gasteiger partial charge in [-0.15, -0.1) is 0 Å². The predicted octanol–water partition coefficient (Wildman–Crippen LogP) is 5.04. The normalized spacial score (nSPS) is 14.5. The van der Waals surface area contributed by atoms with Crippen LogP contribution in [0.25, 0.3) is 11.3 Å². The zero-order valence-corrected chi connectivity index (χ0v) is 16.6. The van der Waals surface area contributed by atoms with E-state index in [0.29, 0.717) is 16.9 Å². The number of hydrogen-bond acceptors (Lipinski definition) is 5. The molecule has 1 aromatic carbocycles. The third-order valence-corrected chi connectivity index (χ3v) is 5.28. The molecule has 0 atom stereocenters. The highest BCUT2D eigenvalue weighted by Crippen LogP contribution is 2.33. The molecule has 9 heteroatoms. The average molecular weight is 430 g/mol. The van der Waals surface area contributed by atoms with Gasteiger partial charge >= 0.3 is 6.18 Å². The number of pyridine rings is 1. The van der Waals surface area contributed by atoms with E-state index in [1.165, 1.54) is 12.1 Å². The Morgan fingerprint density at radius 3 is 2.48 bits per heavy atom. The average Bonchev–Trinajstić information content (AvgIpc) is 3.42. The smallest absolute Gasteiger partial charge is 0.366 e. The standard InChI is InChI=1S/C22H21F3N4O2/c23-22(24,25)15-10-8-14(9-11-15)20-17(13-27-18-7-3-4-12-26-18)19(29-31-20)21(30)28-16-5-1-2-6-16/h3-4,7-12,16H,1-2,5-6,13H2,(H,26,27)(H,28,30). The highest BCUT2D eigenvalue weighted by molar-refractivity contribution is 5.95. The molecule has 1 fully saturated rings. The van der Waals surface area contributed by atoms with Crippen molar-refractivity contribution in [2.45, 2.75) is 44.4 Å². The summed E-state index contributed by atoms with van der Waals surface area (Å²) in [4.78, 5) is 17.0. The summed E-state index contributed by atoms with van der Waals surface area (Å²) in [5.41, 5.74) is 0.215. The van der Waals surface area contributed by atoms with Crippen LogP contribution in [-0.4, -0.2) is 22.1 Å². The number of carbonyl (C=O) groups is 1. The summed E-state index contributed by atoms with van der Waals surface area (Å²) in [6.07, 6.45) is 1.15. The van der Waals surface area contributed by atoms with Gasteiger partial charge in [-0.3, -0.25) is 4.79 Å². The Kier molecular flexibility index (Phi) is 5.92. The Labute approximate surface area is 176 Å². The van der Waals surface area contributed by atoms with Gasteiger partial charge < -0.3 is 15.2 Å². The van der Waals surface area contributed by atoms with Gasteiger partial charge in [0.25, 0.3) is 5.91 Å². The van der Waals surface area contributed by atoms with E-state index in [2.05, 4.69) is 20.8 Å². The van der Waals surface area contributed by atoms with Crippen molar-refractivity contribution in [3.05, 3.63) is 65.5 Å². The minimum atomic E-state index is -4.43. The van der Waals surface area contributed by atoms with Gasteiger partial charge in [-0.2, -0.15) is 13.2 Å². The van der Waals surface area contributed by atoms with Crippen LogP contribution in [0, 0.1) is 0 Å². The lowest BCUT2D eigenvalue weighted by atomic mass is 10.0. The first kappa shape index (κ1) is 20.9. The maximum Gasteiger partial charge on any atom is 0.416 e. The number of rotatable bonds is 6. The molecule has 2 heterocycles. The van der Waals surface area contributed by atoms with Crippen molar-refractivity contribution in [3.63, 3.8) is 0 Å². The molecule has 1 aliphatic rings. The third-order valence-electron chi connectivity index (χ3n) is 5.28. The van der Waals surface area contributed by atoms with Crippen LogP contribution in [0.4, 0.5) is 19.0 Å². The van der Waals surface area contributed by atoms with E-state index >= 15 is 0 Å². The molecule has 0 radical (unpaired) electrons. The maximum absolute atomic E-state index is 12.9. The molecular weight excluding hydrogens is 409 g/mol. The number of hydrogen-bond donors (Lipinski definition) is 2.